The number of hydrogen-bond donors (Lipinski definition) is 0. The van der Waals surface area contributed by atoms with Crippen LogP contribution in [0.4, 0.5) is 4.39 Å². The lowest BCUT2D eigenvalue weighted by molar-refractivity contribution is 0.0631. The van der Waals surface area contributed by atoms with E-state index in [0.29, 0.717) is 36.6 Å². The molecule has 0 aromatic heterocycles. The highest BCUT2D eigenvalue weighted by molar-refractivity contribution is 5.95. The molecule has 0 radical (unpaired) electrons. The molecule has 6 heteroatoms. The fourth-order valence-electron chi connectivity index (χ4n) is 4.40. The van der Waals surface area contributed by atoms with Crippen molar-refractivity contribution in [3.8, 4) is 5.75 Å². The van der Waals surface area contributed by atoms with Crippen LogP contribution in [-0.4, -0.2) is 54.4 Å². The molecule has 5 nitrogen and oxygen atoms in total. The summed E-state index contributed by atoms with van der Waals surface area (Å²) in [6, 6.07) is 13.2. The highest BCUT2D eigenvalue weighted by Gasteiger charge is 2.25. The van der Waals surface area contributed by atoms with Crippen molar-refractivity contribution in [2.75, 3.05) is 32.8 Å². The molecular formula is C25H29FN2O3. The zero-order valence-corrected chi connectivity index (χ0v) is 17.8. The Morgan fingerprint density at radius 2 is 1.55 bits per heavy atom. The Morgan fingerprint density at radius 1 is 0.871 bits per heavy atom. The molecule has 2 fully saturated rings. The minimum atomic E-state index is -0.401. The molecule has 4 rings (SSSR count). The Labute approximate surface area is 182 Å². The van der Waals surface area contributed by atoms with E-state index in [9.17, 15) is 14.0 Å². The summed E-state index contributed by atoms with van der Waals surface area (Å²) in [6.07, 6.45) is 5.18. The number of hydrogen-bond acceptors (Lipinski definition) is 3. The predicted molar refractivity (Wildman–Crippen MR) is 117 cm³/mol. The van der Waals surface area contributed by atoms with E-state index in [-0.39, 0.29) is 17.7 Å². The van der Waals surface area contributed by atoms with Gasteiger partial charge in [-0.3, -0.25) is 9.59 Å². The van der Waals surface area contributed by atoms with E-state index < -0.39 is 5.82 Å². The maximum atomic E-state index is 13.5. The van der Waals surface area contributed by atoms with Crippen molar-refractivity contribution >= 4 is 11.8 Å². The van der Waals surface area contributed by atoms with E-state index in [2.05, 4.69) is 0 Å². The molecule has 2 aromatic carbocycles. The lowest BCUT2D eigenvalue weighted by Crippen LogP contribution is -2.41. The Kier molecular flexibility index (Phi) is 6.85. The SMILES string of the molecule is O=C(c1cccc(OCC2CCCN(C(=O)c3cccc(F)c3)C2)c1)N1CCCCC1. The summed E-state index contributed by atoms with van der Waals surface area (Å²) in [5.74, 6) is 0.402. The summed E-state index contributed by atoms with van der Waals surface area (Å²) in [5, 5.41) is 0. The van der Waals surface area contributed by atoms with Crippen molar-refractivity contribution in [1.82, 2.24) is 9.80 Å². The molecule has 2 aromatic rings. The Balaban J connectivity index is 1.33. The molecule has 0 bridgehead atoms. The minimum absolute atomic E-state index is 0.0645. The van der Waals surface area contributed by atoms with Crippen molar-refractivity contribution in [2.24, 2.45) is 5.92 Å². The van der Waals surface area contributed by atoms with Crippen LogP contribution in [0.5, 0.6) is 5.75 Å². The monoisotopic (exact) mass is 424 g/mol. The van der Waals surface area contributed by atoms with E-state index in [4.69, 9.17) is 4.74 Å². The Morgan fingerprint density at radius 3 is 2.32 bits per heavy atom. The third-order valence-electron chi connectivity index (χ3n) is 6.09. The van der Waals surface area contributed by atoms with Gasteiger partial charge in [0, 0.05) is 43.2 Å². The van der Waals surface area contributed by atoms with Crippen LogP contribution >= 0.6 is 0 Å². The number of nitrogens with zero attached hydrogens (tertiary/aromatic N) is 2. The summed E-state index contributed by atoms with van der Waals surface area (Å²) in [4.78, 5) is 29.1. The molecule has 164 valence electrons. The van der Waals surface area contributed by atoms with Gasteiger partial charge in [0.2, 0.25) is 0 Å². The molecule has 2 amide bonds. The second-order valence-electron chi connectivity index (χ2n) is 8.46. The van der Waals surface area contributed by atoms with Gasteiger partial charge in [0.05, 0.1) is 6.61 Å². The number of likely N-dealkylation sites (tertiary alicyclic amines) is 2. The average Bonchev–Trinajstić information content (AvgIpc) is 2.83. The van der Waals surface area contributed by atoms with Gasteiger partial charge in [-0.05, 0) is 68.5 Å². The standard InChI is InChI=1S/C25H29FN2O3/c26-22-10-4-8-20(15-22)25(30)28-14-6-7-19(17-28)18-31-23-11-5-9-21(16-23)24(29)27-12-2-1-3-13-27/h4-5,8-11,15-16,19H,1-3,6-7,12-14,17-18H2. The predicted octanol–water partition coefficient (Wildman–Crippen LogP) is 4.38. The largest absolute Gasteiger partial charge is 0.493 e. The van der Waals surface area contributed by atoms with Crippen LogP contribution in [-0.2, 0) is 0 Å². The van der Waals surface area contributed by atoms with Crippen molar-refractivity contribution in [1.29, 1.82) is 0 Å². The van der Waals surface area contributed by atoms with Gasteiger partial charge >= 0.3 is 0 Å². The zero-order chi connectivity index (χ0) is 21.6. The summed E-state index contributed by atoms with van der Waals surface area (Å²) in [6.45, 7) is 3.38. The summed E-state index contributed by atoms with van der Waals surface area (Å²) in [7, 11) is 0. The molecule has 31 heavy (non-hydrogen) atoms. The molecule has 2 saturated heterocycles. The summed E-state index contributed by atoms with van der Waals surface area (Å²) < 4.78 is 19.5. The van der Waals surface area contributed by atoms with E-state index in [1.807, 2.05) is 29.2 Å². The maximum Gasteiger partial charge on any atom is 0.253 e. The van der Waals surface area contributed by atoms with Gasteiger partial charge in [-0.25, -0.2) is 4.39 Å². The van der Waals surface area contributed by atoms with Gasteiger partial charge in [0.1, 0.15) is 11.6 Å². The summed E-state index contributed by atoms with van der Waals surface area (Å²) >= 11 is 0. The topological polar surface area (TPSA) is 49.9 Å². The fraction of sp³-hybridized carbons (Fsp3) is 0.440. The first-order valence-corrected chi connectivity index (χ1v) is 11.2. The minimum Gasteiger partial charge on any atom is -0.493 e. The highest BCUT2D eigenvalue weighted by Crippen LogP contribution is 2.22. The van der Waals surface area contributed by atoms with Crippen LogP contribution in [0.15, 0.2) is 48.5 Å². The van der Waals surface area contributed by atoms with Crippen molar-refractivity contribution in [3.05, 3.63) is 65.5 Å². The quantitative estimate of drug-likeness (QED) is 0.716. The molecule has 1 unspecified atom stereocenters. The van der Waals surface area contributed by atoms with Gasteiger partial charge in [0.15, 0.2) is 0 Å². The van der Waals surface area contributed by atoms with E-state index in [1.54, 1.807) is 17.0 Å². The molecule has 2 aliphatic rings. The lowest BCUT2D eigenvalue weighted by Gasteiger charge is -2.32. The second kappa shape index (κ2) is 9.94. The Bertz CT molecular complexity index is 926. The van der Waals surface area contributed by atoms with E-state index in [0.717, 1.165) is 38.8 Å². The fourth-order valence-corrected chi connectivity index (χ4v) is 4.40. The molecule has 0 saturated carbocycles. The molecule has 0 aliphatic carbocycles. The molecule has 0 N–H and O–H groups in total. The number of benzene rings is 2. The van der Waals surface area contributed by atoms with Crippen LogP contribution in [0.1, 0.15) is 52.8 Å². The van der Waals surface area contributed by atoms with Crippen LogP contribution in [0, 0.1) is 11.7 Å². The van der Waals surface area contributed by atoms with Crippen LogP contribution in [0.3, 0.4) is 0 Å². The molecule has 2 aliphatic heterocycles. The van der Waals surface area contributed by atoms with Gasteiger partial charge in [-0.15, -0.1) is 0 Å². The number of carbonyl (C=O) groups excluding carboxylic acids is 2. The normalized spacial score (nSPS) is 19.2. The number of carbonyl (C=O) groups is 2. The third kappa shape index (κ3) is 5.43. The summed E-state index contributed by atoms with van der Waals surface area (Å²) in [5.41, 5.74) is 1.04. The van der Waals surface area contributed by atoms with Gasteiger partial charge in [0.25, 0.3) is 11.8 Å². The third-order valence-corrected chi connectivity index (χ3v) is 6.09. The molecule has 0 spiro atoms. The van der Waals surface area contributed by atoms with E-state index in [1.165, 1.54) is 18.6 Å². The first-order valence-electron chi connectivity index (χ1n) is 11.2. The molecule has 1 atom stereocenters. The smallest absolute Gasteiger partial charge is 0.253 e. The molecule has 2 heterocycles. The van der Waals surface area contributed by atoms with Crippen molar-refractivity contribution in [3.63, 3.8) is 0 Å². The molecular weight excluding hydrogens is 395 g/mol. The van der Waals surface area contributed by atoms with Gasteiger partial charge in [-0.1, -0.05) is 12.1 Å². The highest BCUT2D eigenvalue weighted by atomic mass is 19.1. The second-order valence-corrected chi connectivity index (χ2v) is 8.46. The van der Waals surface area contributed by atoms with Gasteiger partial charge in [-0.2, -0.15) is 0 Å². The number of amides is 2. The van der Waals surface area contributed by atoms with Gasteiger partial charge < -0.3 is 14.5 Å². The van der Waals surface area contributed by atoms with Crippen molar-refractivity contribution < 1.29 is 18.7 Å². The number of ether oxygens (including phenoxy) is 1. The van der Waals surface area contributed by atoms with Crippen LogP contribution in [0.2, 0.25) is 0 Å². The average molecular weight is 425 g/mol. The maximum absolute atomic E-state index is 13.5. The number of rotatable bonds is 5. The first kappa shape index (κ1) is 21.3. The Hall–Kier alpha value is -2.89. The van der Waals surface area contributed by atoms with Crippen molar-refractivity contribution in [2.45, 2.75) is 32.1 Å². The zero-order valence-electron chi connectivity index (χ0n) is 17.8. The van der Waals surface area contributed by atoms with Crippen LogP contribution in [0.25, 0.3) is 0 Å². The number of halogens is 1. The lowest BCUT2D eigenvalue weighted by atomic mass is 9.98. The van der Waals surface area contributed by atoms with E-state index >= 15 is 0 Å². The van der Waals surface area contributed by atoms with Crippen LogP contribution < -0.4 is 4.74 Å². The number of piperidine rings is 2. The first-order chi connectivity index (χ1) is 15.1.